The van der Waals surface area contributed by atoms with Crippen molar-refractivity contribution in [3.63, 3.8) is 0 Å². The molecule has 1 aromatic carbocycles. The number of carbonyl (C=O) groups is 1. The normalized spacial score (nSPS) is 12.0. The number of halogens is 1. The van der Waals surface area contributed by atoms with Gasteiger partial charge in [0.2, 0.25) is 0 Å². The maximum absolute atomic E-state index is 11.8. The van der Waals surface area contributed by atoms with Crippen molar-refractivity contribution in [2.24, 2.45) is 0 Å². The molecule has 1 N–H and O–H groups in total. The number of hydrogen-bond acceptors (Lipinski definition) is 4. The van der Waals surface area contributed by atoms with E-state index in [1.807, 2.05) is 30.9 Å². The third-order valence-electron chi connectivity index (χ3n) is 3.24. The lowest BCUT2D eigenvalue weighted by Gasteiger charge is -2.16. The predicted octanol–water partition coefficient (Wildman–Crippen LogP) is 3.52. The van der Waals surface area contributed by atoms with Crippen molar-refractivity contribution < 1.29 is 9.53 Å². The van der Waals surface area contributed by atoms with Crippen molar-refractivity contribution in [1.29, 1.82) is 0 Å². The molecule has 1 aromatic heterocycles. The Morgan fingerprint density at radius 3 is 2.90 bits per heavy atom. The fraction of sp³-hybridized carbons (Fsp3) is 0.333. The van der Waals surface area contributed by atoms with Gasteiger partial charge in [-0.2, -0.15) is 5.10 Å². The van der Waals surface area contributed by atoms with Crippen LogP contribution in [0, 0.1) is 0 Å². The molecule has 1 atom stereocenters. The quantitative estimate of drug-likeness (QED) is 0.859. The summed E-state index contributed by atoms with van der Waals surface area (Å²) in [5, 5.41) is 8.09. The van der Waals surface area contributed by atoms with Crippen molar-refractivity contribution in [2.75, 3.05) is 12.4 Å². The maximum Gasteiger partial charge on any atom is 0.339 e. The Morgan fingerprint density at radius 1 is 1.52 bits per heavy atom. The minimum Gasteiger partial charge on any atom is -0.465 e. The summed E-state index contributed by atoms with van der Waals surface area (Å²) in [4.78, 5) is 11.8. The van der Waals surface area contributed by atoms with Gasteiger partial charge in [-0.3, -0.25) is 4.68 Å². The third kappa shape index (κ3) is 3.55. The summed E-state index contributed by atoms with van der Waals surface area (Å²) in [6.07, 6.45) is 3.78. The van der Waals surface area contributed by atoms with Crippen molar-refractivity contribution in [3.8, 4) is 0 Å². The van der Waals surface area contributed by atoms with E-state index < -0.39 is 5.97 Å². The average Bonchev–Trinajstić information content (AvgIpc) is 2.95. The van der Waals surface area contributed by atoms with Gasteiger partial charge in [-0.25, -0.2) is 4.79 Å². The highest BCUT2D eigenvalue weighted by molar-refractivity contribution is 6.31. The number of nitrogens with one attached hydrogen (secondary N) is 1. The molecule has 0 saturated heterocycles. The zero-order valence-electron chi connectivity index (χ0n) is 12.3. The molecule has 0 aliphatic rings. The van der Waals surface area contributed by atoms with Gasteiger partial charge in [0, 0.05) is 23.3 Å². The molecule has 5 nitrogen and oxygen atoms in total. The van der Waals surface area contributed by atoms with E-state index >= 15 is 0 Å². The lowest BCUT2D eigenvalue weighted by atomic mass is 10.1. The molecule has 0 bridgehead atoms. The Morgan fingerprint density at radius 2 is 2.29 bits per heavy atom. The van der Waals surface area contributed by atoms with Crippen LogP contribution in [-0.4, -0.2) is 22.9 Å². The van der Waals surface area contributed by atoms with Crippen LogP contribution >= 0.6 is 11.6 Å². The van der Waals surface area contributed by atoms with Gasteiger partial charge < -0.3 is 10.1 Å². The molecule has 0 fully saturated rings. The highest BCUT2D eigenvalue weighted by Gasteiger charge is 2.15. The van der Waals surface area contributed by atoms with Crippen LogP contribution < -0.4 is 5.32 Å². The number of anilines is 1. The van der Waals surface area contributed by atoms with E-state index in [0.717, 1.165) is 12.1 Å². The van der Waals surface area contributed by atoms with Crippen LogP contribution in [0.5, 0.6) is 0 Å². The summed E-state index contributed by atoms with van der Waals surface area (Å²) >= 11 is 6.01. The number of aromatic nitrogens is 2. The molecule has 0 radical (unpaired) electrons. The number of nitrogens with zero attached hydrogens (tertiary/aromatic N) is 2. The number of carbonyl (C=O) groups excluding carboxylic acids is 1. The second-order valence-electron chi connectivity index (χ2n) is 4.68. The zero-order chi connectivity index (χ0) is 15.4. The molecule has 0 aliphatic carbocycles. The van der Waals surface area contributed by atoms with Gasteiger partial charge in [-0.05, 0) is 32.0 Å². The molecule has 2 aromatic rings. The van der Waals surface area contributed by atoms with Crippen LogP contribution in [0.3, 0.4) is 0 Å². The number of hydrogen-bond donors (Lipinski definition) is 1. The van der Waals surface area contributed by atoms with Gasteiger partial charge in [-0.15, -0.1) is 0 Å². The second kappa shape index (κ2) is 6.63. The number of rotatable bonds is 5. The minimum absolute atomic E-state index is 0.00725. The monoisotopic (exact) mass is 307 g/mol. The van der Waals surface area contributed by atoms with Crippen molar-refractivity contribution in [3.05, 3.63) is 46.7 Å². The fourth-order valence-electron chi connectivity index (χ4n) is 2.02. The van der Waals surface area contributed by atoms with Crippen molar-refractivity contribution in [1.82, 2.24) is 9.78 Å². The predicted molar refractivity (Wildman–Crippen MR) is 82.7 cm³/mol. The molecule has 0 saturated carbocycles. The van der Waals surface area contributed by atoms with Crippen LogP contribution in [0.25, 0.3) is 0 Å². The largest absolute Gasteiger partial charge is 0.465 e. The number of aryl methyl sites for hydroxylation is 1. The van der Waals surface area contributed by atoms with Gasteiger partial charge in [0.05, 0.1) is 30.6 Å². The van der Waals surface area contributed by atoms with Gasteiger partial charge in [0.15, 0.2) is 0 Å². The Balaban J connectivity index is 2.25. The van der Waals surface area contributed by atoms with Crippen molar-refractivity contribution in [2.45, 2.75) is 26.4 Å². The Hall–Kier alpha value is -2.01. The molecule has 6 heteroatoms. The van der Waals surface area contributed by atoms with Crippen molar-refractivity contribution >= 4 is 23.3 Å². The molecule has 21 heavy (non-hydrogen) atoms. The molecule has 2 rings (SSSR count). The highest BCUT2D eigenvalue weighted by Crippen LogP contribution is 2.26. The topological polar surface area (TPSA) is 56.2 Å². The van der Waals surface area contributed by atoms with Gasteiger partial charge in [0.25, 0.3) is 0 Å². The Labute approximate surface area is 128 Å². The van der Waals surface area contributed by atoms with Crippen LogP contribution in [0.15, 0.2) is 30.6 Å². The van der Waals surface area contributed by atoms with E-state index in [4.69, 9.17) is 16.3 Å². The average molecular weight is 308 g/mol. The first kappa shape index (κ1) is 15.4. The Kier molecular flexibility index (Phi) is 4.85. The summed E-state index contributed by atoms with van der Waals surface area (Å²) in [5.74, 6) is -0.398. The first-order valence-electron chi connectivity index (χ1n) is 6.72. The lowest BCUT2D eigenvalue weighted by molar-refractivity contribution is 0.0602. The number of ether oxygens (including phenoxy) is 1. The molecular formula is C15H18ClN3O2. The minimum atomic E-state index is -0.398. The molecule has 1 heterocycles. The summed E-state index contributed by atoms with van der Waals surface area (Å²) in [7, 11) is 1.36. The van der Waals surface area contributed by atoms with E-state index in [1.165, 1.54) is 7.11 Å². The fourth-order valence-corrected chi connectivity index (χ4v) is 2.19. The van der Waals surface area contributed by atoms with Crippen LogP contribution in [0.2, 0.25) is 5.02 Å². The van der Waals surface area contributed by atoms with Gasteiger partial charge in [0.1, 0.15) is 0 Å². The van der Waals surface area contributed by atoms with Crippen LogP contribution in [0.4, 0.5) is 5.69 Å². The van der Waals surface area contributed by atoms with E-state index in [1.54, 1.807) is 18.2 Å². The molecule has 0 spiro atoms. The summed E-state index contributed by atoms with van der Waals surface area (Å²) < 4.78 is 6.64. The first-order valence-corrected chi connectivity index (χ1v) is 7.09. The summed E-state index contributed by atoms with van der Waals surface area (Å²) in [6, 6.07) is 5.03. The Bertz CT molecular complexity index is 640. The van der Waals surface area contributed by atoms with Crippen LogP contribution in [0.1, 0.15) is 35.8 Å². The van der Waals surface area contributed by atoms with E-state index in [9.17, 15) is 4.79 Å². The van der Waals surface area contributed by atoms with E-state index in [2.05, 4.69) is 10.4 Å². The standard InChI is InChI=1S/C15H18ClN3O2/c1-4-19-9-11(8-17-19)10(2)18-14-7-12(16)5-6-13(14)15(20)21-3/h5-10,18H,4H2,1-3H3. The molecule has 1 unspecified atom stereocenters. The first-order chi connectivity index (χ1) is 10.0. The van der Waals surface area contributed by atoms with E-state index in [0.29, 0.717) is 16.3 Å². The molecule has 112 valence electrons. The highest BCUT2D eigenvalue weighted by atomic mass is 35.5. The zero-order valence-corrected chi connectivity index (χ0v) is 13.0. The number of esters is 1. The lowest BCUT2D eigenvalue weighted by Crippen LogP contribution is -2.11. The van der Waals surface area contributed by atoms with Gasteiger partial charge in [-0.1, -0.05) is 11.6 Å². The summed E-state index contributed by atoms with van der Waals surface area (Å²) in [5.41, 5.74) is 2.13. The molecule has 0 amide bonds. The third-order valence-corrected chi connectivity index (χ3v) is 3.47. The summed E-state index contributed by atoms with van der Waals surface area (Å²) in [6.45, 7) is 4.84. The molecular weight excluding hydrogens is 290 g/mol. The van der Waals surface area contributed by atoms with E-state index in [-0.39, 0.29) is 6.04 Å². The second-order valence-corrected chi connectivity index (χ2v) is 5.11. The van der Waals surface area contributed by atoms with Crippen LogP contribution in [-0.2, 0) is 11.3 Å². The SMILES string of the molecule is CCn1cc(C(C)Nc2cc(Cl)ccc2C(=O)OC)cn1. The number of methoxy groups -OCH3 is 1. The number of benzene rings is 1. The van der Waals surface area contributed by atoms with Gasteiger partial charge >= 0.3 is 5.97 Å². The molecule has 0 aliphatic heterocycles. The smallest absolute Gasteiger partial charge is 0.339 e. The maximum atomic E-state index is 11.8.